The first kappa shape index (κ1) is 14.8. The van der Waals surface area contributed by atoms with Gasteiger partial charge in [-0.2, -0.15) is 0 Å². The number of hydrazine groups is 1. The highest BCUT2D eigenvalue weighted by Gasteiger charge is 2.54. The number of nitrogens with one attached hydrogen (secondary N) is 2. The Morgan fingerprint density at radius 1 is 1.50 bits per heavy atom. The zero-order valence-electron chi connectivity index (χ0n) is 11.9. The van der Waals surface area contributed by atoms with Crippen LogP contribution in [0.15, 0.2) is 0 Å². The molecule has 7 heteroatoms. The van der Waals surface area contributed by atoms with E-state index in [4.69, 9.17) is 5.73 Å². The van der Waals surface area contributed by atoms with Crippen molar-refractivity contribution in [3.8, 4) is 0 Å². The lowest BCUT2D eigenvalue weighted by molar-refractivity contribution is -0.161. The van der Waals surface area contributed by atoms with Gasteiger partial charge in [0.1, 0.15) is 5.54 Å². The van der Waals surface area contributed by atoms with E-state index in [0.717, 1.165) is 19.4 Å². The summed E-state index contributed by atoms with van der Waals surface area (Å²) in [6.07, 6.45) is 1.80. The second-order valence-corrected chi connectivity index (χ2v) is 6.00. The molecular weight excluding hydrogens is 260 g/mol. The minimum Gasteiger partial charge on any atom is -0.369 e. The van der Waals surface area contributed by atoms with E-state index in [2.05, 4.69) is 10.7 Å². The fraction of sp³-hybridized carbons (Fsp3) is 0.769. The summed E-state index contributed by atoms with van der Waals surface area (Å²) in [6.45, 7) is 5.01. The van der Waals surface area contributed by atoms with Crippen molar-refractivity contribution in [3.05, 3.63) is 0 Å². The molecule has 0 radical (unpaired) electrons. The van der Waals surface area contributed by atoms with Crippen molar-refractivity contribution in [2.75, 3.05) is 13.1 Å². The second-order valence-electron chi connectivity index (χ2n) is 6.00. The molecule has 2 unspecified atom stereocenters. The van der Waals surface area contributed by atoms with E-state index in [0.29, 0.717) is 6.54 Å². The fourth-order valence-electron chi connectivity index (χ4n) is 2.85. The minimum absolute atomic E-state index is 0.00631. The molecule has 2 atom stereocenters. The van der Waals surface area contributed by atoms with Gasteiger partial charge in [0, 0.05) is 12.3 Å². The van der Waals surface area contributed by atoms with Gasteiger partial charge in [0.25, 0.3) is 5.91 Å². The Labute approximate surface area is 118 Å². The van der Waals surface area contributed by atoms with Gasteiger partial charge in [-0.1, -0.05) is 13.8 Å². The SMILES string of the molecule is CC(C)C(CC(=O)NN1CC2(CCCN2)C1=O)C(N)=O. The number of hydrogen-bond acceptors (Lipinski definition) is 4. The third-order valence-corrected chi connectivity index (χ3v) is 4.16. The van der Waals surface area contributed by atoms with Crippen LogP contribution in [-0.2, 0) is 14.4 Å². The number of rotatable bonds is 5. The predicted octanol–water partition coefficient (Wildman–Crippen LogP) is -0.870. The maximum atomic E-state index is 12.0. The van der Waals surface area contributed by atoms with Crippen molar-refractivity contribution >= 4 is 17.7 Å². The van der Waals surface area contributed by atoms with Crippen molar-refractivity contribution in [3.63, 3.8) is 0 Å². The second kappa shape index (κ2) is 5.40. The standard InChI is InChI=1S/C13H22N4O3/c1-8(2)9(11(14)19)6-10(18)16-17-7-13(12(17)20)4-3-5-15-13/h8-9,15H,3-7H2,1-2H3,(H2,14,19)(H,16,18). The smallest absolute Gasteiger partial charge is 0.263 e. The first-order valence-electron chi connectivity index (χ1n) is 7.01. The van der Waals surface area contributed by atoms with Crippen molar-refractivity contribution in [2.45, 2.75) is 38.6 Å². The molecule has 2 aliphatic heterocycles. The molecule has 3 amide bonds. The Morgan fingerprint density at radius 3 is 2.65 bits per heavy atom. The normalized spacial score (nSPS) is 26.8. The van der Waals surface area contributed by atoms with Crippen molar-refractivity contribution in [2.24, 2.45) is 17.6 Å². The van der Waals surface area contributed by atoms with Gasteiger partial charge in [0.15, 0.2) is 0 Å². The van der Waals surface area contributed by atoms with Crippen LogP contribution >= 0.6 is 0 Å². The van der Waals surface area contributed by atoms with Crippen LogP contribution in [0.25, 0.3) is 0 Å². The molecule has 20 heavy (non-hydrogen) atoms. The van der Waals surface area contributed by atoms with Gasteiger partial charge >= 0.3 is 0 Å². The van der Waals surface area contributed by atoms with Crippen molar-refractivity contribution in [1.82, 2.24) is 15.8 Å². The number of nitrogens with zero attached hydrogens (tertiary/aromatic N) is 1. The van der Waals surface area contributed by atoms with Gasteiger partial charge < -0.3 is 11.1 Å². The number of amides is 3. The Kier molecular flexibility index (Phi) is 3.99. The van der Waals surface area contributed by atoms with Gasteiger partial charge in [0.2, 0.25) is 11.8 Å². The first-order valence-corrected chi connectivity index (χ1v) is 7.01. The van der Waals surface area contributed by atoms with Crippen LogP contribution in [0.2, 0.25) is 0 Å². The Bertz CT molecular complexity index is 429. The third kappa shape index (κ3) is 2.63. The molecule has 2 fully saturated rings. The summed E-state index contributed by atoms with van der Waals surface area (Å²) in [6, 6.07) is 0. The highest BCUT2D eigenvalue weighted by molar-refractivity contribution is 5.95. The lowest BCUT2D eigenvalue weighted by Gasteiger charge is -2.46. The van der Waals surface area contributed by atoms with Gasteiger partial charge in [-0.3, -0.25) is 24.8 Å². The van der Waals surface area contributed by atoms with E-state index in [1.165, 1.54) is 5.01 Å². The molecule has 0 bridgehead atoms. The number of carbonyl (C=O) groups excluding carboxylic acids is 3. The summed E-state index contributed by atoms with van der Waals surface area (Å²) in [5, 5.41) is 4.50. The van der Waals surface area contributed by atoms with Crippen molar-refractivity contribution < 1.29 is 14.4 Å². The number of β-lactam (4-membered cyclic amide) rings is 1. The molecule has 0 aliphatic carbocycles. The topological polar surface area (TPSA) is 105 Å². The summed E-state index contributed by atoms with van der Waals surface area (Å²) in [7, 11) is 0. The predicted molar refractivity (Wildman–Crippen MR) is 72.0 cm³/mol. The molecule has 0 aromatic carbocycles. The molecular formula is C13H22N4O3. The number of hydrogen-bond donors (Lipinski definition) is 3. The molecule has 4 N–H and O–H groups in total. The number of carbonyl (C=O) groups is 3. The number of nitrogens with two attached hydrogens (primary N) is 1. The first-order chi connectivity index (χ1) is 9.35. The van der Waals surface area contributed by atoms with Crippen LogP contribution in [0.1, 0.15) is 33.1 Å². The van der Waals surface area contributed by atoms with Gasteiger partial charge in [-0.05, 0) is 25.3 Å². The molecule has 2 heterocycles. The van der Waals surface area contributed by atoms with Gasteiger partial charge in [-0.25, -0.2) is 0 Å². The molecule has 2 saturated heterocycles. The maximum Gasteiger partial charge on any atom is 0.263 e. The van der Waals surface area contributed by atoms with Crippen LogP contribution in [0.5, 0.6) is 0 Å². The molecule has 2 rings (SSSR count). The highest BCUT2D eigenvalue weighted by atomic mass is 16.2. The van der Waals surface area contributed by atoms with Gasteiger partial charge in [0.05, 0.1) is 6.54 Å². The van der Waals surface area contributed by atoms with Crippen LogP contribution in [0.4, 0.5) is 0 Å². The van der Waals surface area contributed by atoms with Crippen LogP contribution in [-0.4, -0.2) is 41.4 Å². The lowest BCUT2D eigenvalue weighted by Crippen LogP contribution is -2.75. The molecule has 112 valence electrons. The summed E-state index contributed by atoms with van der Waals surface area (Å²) < 4.78 is 0. The fourth-order valence-corrected chi connectivity index (χ4v) is 2.85. The zero-order valence-corrected chi connectivity index (χ0v) is 11.9. The summed E-state index contributed by atoms with van der Waals surface area (Å²) >= 11 is 0. The van der Waals surface area contributed by atoms with Gasteiger partial charge in [-0.15, -0.1) is 0 Å². The van der Waals surface area contributed by atoms with E-state index in [1.807, 2.05) is 13.8 Å². The monoisotopic (exact) mass is 282 g/mol. The zero-order chi connectivity index (χ0) is 14.9. The minimum atomic E-state index is -0.509. The Hall–Kier alpha value is -1.63. The van der Waals surface area contributed by atoms with Crippen LogP contribution in [0.3, 0.4) is 0 Å². The Morgan fingerprint density at radius 2 is 2.20 bits per heavy atom. The lowest BCUT2D eigenvalue weighted by atomic mass is 9.88. The third-order valence-electron chi connectivity index (χ3n) is 4.16. The van der Waals surface area contributed by atoms with E-state index in [-0.39, 0.29) is 24.2 Å². The maximum absolute atomic E-state index is 12.0. The van der Waals surface area contributed by atoms with E-state index >= 15 is 0 Å². The largest absolute Gasteiger partial charge is 0.369 e. The molecule has 2 aliphatic rings. The molecule has 0 aromatic heterocycles. The van der Waals surface area contributed by atoms with E-state index in [1.54, 1.807) is 0 Å². The van der Waals surface area contributed by atoms with Crippen LogP contribution < -0.4 is 16.5 Å². The molecule has 7 nitrogen and oxygen atoms in total. The summed E-state index contributed by atoms with van der Waals surface area (Å²) in [5.74, 6) is -1.44. The Balaban J connectivity index is 1.84. The van der Waals surface area contributed by atoms with E-state index < -0.39 is 17.4 Å². The molecule has 0 aromatic rings. The summed E-state index contributed by atoms with van der Waals surface area (Å²) in [5.41, 5.74) is 7.37. The van der Waals surface area contributed by atoms with Crippen LogP contribution in [0, 0.1) is 11.8 Å². The summed E-state index contributed by atoms with van der Waals surface area (Å²) in [4.78, 5) is 35.2. The average Bonchev–Trinajstić information content (AvgIpc) is 2.85. The number of primary amides is 1. The molecule has 0 saturated carbocycles. The quantitative estimate of drug-likeness (QED) is 0.570. The van der Waals surface area contributed by atoms with Crippen molar-refractivity contribution in [1.29, 1.82) is 0 Å². The molecule has 1 spiro atoms. The van der Waals surface area contributed by atoms with E-state index in [9.17, 15) is 14.4 Å². The highest BCUT2D eigenvalue weighted by Crippen LogP contribution is 2.30. The average molecular weight is 282 g/mol.